The van der Waals surface area contributed by atoms with E-state index >= 15 is 0 Å². The Hall–Kier alpha value is -1.70. The third-order valence-electron chi connectivity index (χ3n) is 2.62. The van der Waals surface area contributed by atoms with E-state index in [4.69, 9.17) is 0 Å². The second-order valence-electron chi connectivity index (χ2n) is 4.89. The lowest BCUT2D eigenvalue weighted by molar-refractivity contribution is -0.137. The number of anilines is 1. The molecule has 0 atom stereocenters. The smallest absolute Gasteiger partial charge is 0.360 e. The molecular weight excluding hydrogens is 306 g/mol. The molecule has 0 spiro atoms. The summed E-state index contributed by atoms with van der Waals surface area (Å²) in [4.78, 5) is 4.03. The van der Waals surface area contributed by atoms with Gasteiger partial charge in [-0.1, -0.05) is 13.8 Å². The lowest BCUT2D eigenvalue weighted by Gasteiger charge is -2.10. The molecule has 0 saturated heterocycles. The largest absolute Gasteiger partial charge is 0.417 e. The molecule has 0 fully saturated rings. The summed E-state index contributed by atoms with van der Waals surface area (Å²) in [5.74, 6) is -0.632. The van der Waals surface area contributed by atoms with Crippen LogP contribution in [0.15, 0.2) is 18.2 Å². The molecule has 0 aliphatic rings. The summed E-state index contributed by atoms with van der Waals surface area (Å²) in [5.41, 5.74) is -1.30. The van der Waals surface area contributed by atoms with Crippen LogP contribution in [-0.2, 0) is 6.18 Å². The minimum Gasteiger partial charge on any atom is -0.360 e. The highest BCUT2D eigenvalue weighted by molar-refractivity contribution is 7.09. The van der Waals surface area contributed by atoms with Gasteiger partial charge in [0.2, 0.25) is 5.13 Å². The maximum Gasteiger partial charge on any atom is 0.417 e. The van der Waals surface area contributed by atoms with Crippen LogP contribution in [0.25, 0.3) is 11.4 Å². The molecule has 114 valence electrons. The van der Waals surface area contributed by atoms with Gasteiger partial charge in [0.1, 0.15) is 5.82 Å². The third-order valence-corrected chi connectivity index (χ3v) is 3.29. The molecule has 0 radical (unpaired) electrons. The van der Waals surface area contributed by atoms with Crippen molar-refractivity contribution in [3.8, 4) is 11.4 Å². The second-order valence-corrected chi connectivity index (χ2v) is 5.64. The van der Waals surface area contributed by atoms with E-state index in [0.29, 0.717) is 23.7 Å². The van der Waals surface area contributed by atoms with Crippen LogP contribution < -0.4 is 5.32 Å². The average molecular weight is 319 g/mol. The zero-order valence-corrected chi connectivity index (χ0v) is 12.1. The van der Waals surface area contributed by atoms with E-state index in [0.717, 1.165) is 23.7 Å². The number of rotatable bonds is 4. The van der Waals surface area contributed by atoms with E-state index in [1.54, 1.807) is 0 Å². The first-order valence-corrected chi connectivity index (χ1v) is 6.99. The number of aromatic nitrogens is 2. The molecule has 0 unspecified atom stereocenters. The van der Waals surface area contributed by atoms with Crippen molar-refractivity contribution in [1.29, 1.82) is 0 Å². The molecule has 0 aliphatic heterocycles. The van der Waals surface area contributed by atoms with Gasteiger partial charge in [-0.2, -0.15) is 22.5 Å². The van der Waals surface area contributed by atoms with Crippen molar-refractivity contribution in [3.05, 3.63) is 29.6 Å². The Morgan fingerprint density at radius 3 is 2.62 bits per heavy atom. The van der Waals surface area contributed by atoms with Gasteiger partial charge in [-0.05, 0) is 24.1 Å². The molecule has 0 bridgehead atoms. The van der Waals surface area contributed by atoms with Crippen LogP contribution in [0.1, 0.15) is 19.4 Å². The summed E-state index contributed by atoms with van der Waals surface area (Å²) >= 11 is 0.977. The molecule has 0 saturated carbocycles. The highest BCUT2D eigenvalue weighted by Crippen LogP contribution is 2.37. The van der Waals surface area contributed by atoms with Gasteiger partial charge in [-0.15, -0.1) is 0 Å². The summed E-state index contributed by atoms with van der Waals surface area (Å²) in [6.45, 7) is 4.64. The molecule has 0 aliphatic carbocycles. The predicted molar refractivity (Wildman–Crippen MR) is 73.6 cm³/mol. The van der Waals surface area contributed by atoms with Crippen molar-refractivity contribution in [2.24, 2.45) is 5.92 Å². The van der Waals surface area contributed by atoms with Crippen LogP contribution >= 0.6 is 11.5 Å². The molecule has 1 heterocycles. The van der Waals surface area contributed by atoms with Crippen LogP contribution in [0.5, 0.6) is 0 Å². The van der Waals surface area contributed by atoms with Gasteiger partial charge in [0.15, 0.2) is 5.82 Å². The Kier molecular flexibility index (Phi) is 4.46. The summed E-state index contributed by atoms with van der Waals surface area (Å²) in [6.07, 6.45) is -4.66. The first kappa shape index (κ1) is 15.7. The lowest BCUT2D eigenvalue weighted by Crippen LogP contribution is -2.09. The molecule has 2 aromatic rings. The molecule has 21 heavy (non-hydrogen) atoms. The fraction of sp³-hybridized carbons (Fsp3) is 0.385. The standard InChI is InChI=1S/C13H13F4N3S/c1-7(2)6-18-12-19-11(20-21-12)9-4-3-8(14)5-10(9)13(15,16)17/h3-5,7H,6H2,1-2H3,(H,18,19,20). The highest BCUT2D eigenvalue weighted by atomic mass is 32.1. The van der Waals surface area contributed by atoms with Gasteiger partial charge < -0.3 is 5.32 Å². The fourth-order valence-corrected chi connectivity index (χ4v) is 2.23. The van der Waals surface area contributed by atoms with Crippen LogP contribution in [0.4, 0.5) is 22.7 Å². The average Bonchev–Trinajstić information content (AvgIpc) is 2.84. The van der Waals surface area contributed by atoms with Gasteiger partial charge in [0.05, 0.1) is 5.56 Å². The zero-order chi connectivity index (χ0) is 15.6. The molecular formula is C13H13F4N3S. The first-order valence-electron chi connectivity index (χ1n) is 6.22. The van der Waals surface area contributed by atoms with E-state index in [1.807, 2.05) is 13.8 Å². The Labute approximate surface area is 123 Å². The minimum absolute atomic E-state index is 0.0569. The van der Waals surface area contributed by atoms with Crippen LogP contribution in [0, 0.1) is 11.7 Å². The summed E-state index contributed by atoms with van der Waals surface area (Å²) in [5, 5.41) is 3.43. The SMILES string of the molecule is CC(C)CNc1nc(-c2ccc(F)cc2C(F)(F)F)ns1. The van der Waals surface area contributed by atoms with Gasteiger partial charge in [-0.3, -0.25) is 0 Å². The van der Waals surface area contributed by atoms with Crippen LogP contribution in [-0.4, -0.2) is 15.9 Å². The Balaban J connectivity index is 2.34. The lowest BCUT2D eigenvalue weighted by atomic mass is 10.1. The summed E-state index contributed by atoms with van der Waals surface area (Å²) in [6, 6.07) is 2.47. The number of halogens is 4. The molecule has 3 nitrogen and oxygen atoms in total. The Morgan fingerprint density at radius 2 is 2.00 bits per heavy atom. The number of alkyl halides is 3. The fourth-order valence-electron chi connectivity index (χ4n) is 1.64. The van der Waals surface area contributed by atoms with Gasteiger partial charge >= 0.3 is 6.18 Å². The van der Waals surface area contributed by atoms with Crippen molar-refractivity contribution in [1.82, 2.24) is 9.36 Å². The summed E-state index contributed by atoms with van der Waals surface area (Å²) in [7, 11) is 0. The van der Waals surface area contributed by atoms with Crippen LogP contribution in [0.2, 0.25) is 0 Å². The predicted octanol–water partition coefficient (Wildman–Crippen LogP) is 4.43. The summed E-state index contributed by atoms with van der Waals surface area (Å²) < 4.78 is 55.8. The zero-order valence-electron chi connectivity index (χ0n) is 11.3. The van der Waals surface area contributed by atoms with E-state index < -0.39 is 17.6 Å². The van der Waals surface area contributed by atoms with E-state index in [2.05, 4.69) is 14.7 Å². The number of benzene rings is 1. The quantitative estimate of drug-likeness (QED) is 0.847. The van der Waals surface area contributed by atoms with E-state index in [1.165, 1.54) is 0 Å². The van der Waals surface area contributed by atoms with Gasteiger partial charge in [-0.25, -0.2) is 4.39 Å². The molecule has 0 amide bonds. The van der Waals surface area contributed by atoms with Crippen molar-refractivity contribution in [2.75, 3.05) is 11.9 Å². The molecule has 1 aromatic carbocycles. The topological polar surface area (TPSA) is 37.8 Å². The first-order chi connectivity index (χ1) is 9.77. The number of hydrogen-bond donors (Lipinski definition) is 1. The van der Waals surface area contributed by atoms with Crippen molar-refractivity contribution >= 4 is 16.7 Å². The number of hydrogen-bond acceptors (Lipinski definition) is 4. The third kappa shape index (κ3) is 3.90. The second kappa shape index (κ2) is 5.97. The Morgan fingerprint density at radius 1 is 1.29 bits per heavy atom. The maximum atomic E-state index is 13.1. The van der Waals surface area contributed by atoms with Crippen molar-refractivity contribution in [3.63, 3.8) is 0 Å². The number of nitrogens with zero attached hydrogens (tertiary/aromatic N) is 2. The molecule has 1 N–H and O–H groups in total. The van der Waals surface area contributed by atoms with Crippen LogP contribution in [0.3, 0.4) is 0 Å². The molecule has 2 rings (SSSR count). The van der Waals surface area contributed by atoms with Crippen molar-refractivity contribution in [2.45, 2.75) is 20.0 Å². The normalized spacial score (nSPS) is 12.0. The van der Waals surface area contributed by atoms with E-state index in [9.17, 15) is 17.6 Å². The Bertz CT molecular complexity index is 622. The van der Waals surface area contributed by atoms with Crippen molar-refractivity contribution < 1.29 is 17.6 Å². The van der Waals surface area contributed by atoms with E-state index in [-0.39, 0.29) is 11.4 Å². The molecule has 8 heteroatoms. The number of nitrogens with one attached hydrogen (secondary N) is 1. The molecule has 1 aromatic heterocycles. The highest BCUT2D eigenvalue weighted by Gasteiger charge is 2.35. The van der Waals surface area contributed by atoms with Gasteiger partial charge in [0.25, 0.3) is 0 Å². The maximum absolute atomic E-state index is 13.1. The van der Waals surface area contributed by atoms with Gasteiger partial charge in [0, 0.05) is 23.6 Å². The minimum atomic E-state index is -4.66. The monoisotopic (exact) mass is 319 g/mol.